The van der Waals surface area contributed by atoms with Crippen LogP contribution < -0.4 is 5.73 Å². The van der Waals surface area contributed by atoms with Crippen LogP contribution in [0.25, 0.3) is 0 Å². The second kappa shape index (κ2) is 5.82. The summed E-state index contributed by atoms with van der Waals surface area (Å²) in [7, 11) is 0. The van der Waals surface area contributed by atoms with Crippen LogP contribution in [0.15, 0.2) is 24.3 Å². The van der Waals surface area contributed by atoms with E-state index in [4.69, 9.17) is 5.73 Å². The molecule has 2 N–H and O–H groups in total. The largest absolute Gasteiger partial charge is 0.389 e. The average molecular weight is 245 g/mol. The lowest BCUT2D eigenvalue weighted by atomic mass is 10.0. The third-order valence-corrected chi connectivity index (χ3v) is 2.41. The first kappa shape index (κ1) is 13.7. The number of carbonyl (C=O) groups is 1. The van der Waals surface area contributed by atoms with E-state index >= 15 is 0 Å². The van der Waals surface area contributed by atoms with Crippen molar-refractivity contribution in [2.75, 3.05) is 0 Å². The Labute approximate surface area is 97.6 Å². The molecule has 0 aromatic heterocycles. The summed E-state index contributed by atoms with van der Waals surface area (Å²) in [5.41, 5.74) is 6.99. The van der Waals surface area contributed by atoms with Gasteiger partial charge in [0, 0.05) is 19.4 Å². The molecule has 5 heteroatoms. The van der Waals surface area contributed by atoms with E-state index in [2.05, 4.69) is 0 Å². The van der Waals surface area contributed by atoms with Crippen LogP contribution in [-0.4, -0.2) is 12.0 Å². The molecule has 1 rings (SSSR count). The quantitative estimate of drug-likeness (QED) is 0.866. The molecule has 0 aliphatic rings. The predicted octanol–water partition coefficient (Wildman–Crippen LogP) is 2.60. The first-order valence-corrected chi connectivity index (χ1v) is 5.27. The normalized spacial score (nSPS) is 11.5. The summed E-state index contributed by atoms with van der Waals surface area (Å²) in [4.78, 5) is 11.4. The molecule has 0 amide bonds. The van der Waals surface area contributed by atoms with Crippen molar-refractivity contribution in [2.24, 2.45) is 5.73 Å². The van der Waals surface area contributed by atoms with Crippen LogP contribution in [0.3, 0.4) is 0 Å². The molecule has 94 valence electrons. The van der Waals surface area contributed by atoms with Gasteiger partial charge in [-0.15, -0.1) is 0 Å². The van der Waals surface area contributed by atoms with E-state index in [0.29, 0.717) is 5.56 Å². The molecule has 0 atom stereocenters. The minimum absolute atomic E-state index is 0.0173. The highest BCUT2D eigenvalue weighted by molar-refractivity contribution is 5.81. The second-order valence-corrected chi connectivity index (χ2v) is 3.80. The Balaban J connectivity index is 2.56. The maximum absolute atomic E-state index is 11.9. The van der Waals surface area contributed by atoms with Crippen LogP contribution in [0.2, 0.25) is 0 Å². The number of ketones is 1. The van der Waals surface area contributed by atoms with Gasteiger partial charge < -0.3 is 5.73 Å². The summed E-state index contributed by atoms with van der Waals surface area (Å²) in [5, 5.41) is 0. The molecule has 0 saturated heterocycles. The second-order valence-electron chi connectivity index (χ2n) is 3.80. The molecule has 0 fully saturated rings. The summed E-state index contributed by atoms with van der Waals surface area (Å²) in [6, 6.07) is 7.01. The highest BCUT2D eigenvalue weighted by Crippen LogP contribution is 2.22. The summed E-state index contributed by atoms with van der Waals surface area (Å²) in [5.74, 6) is -0.414. The van der Waals surface area contributed by atoms with Crippen molar-refractivity contribution in [3.63, 3.8) is 0 Å². The van der Waals surface area contributed by atoms with Crippen molar-refractivity contribution in [1.29, 1.82) is 0 Å². The van der Waals surface area contributed by atoms with Crippen LogP contribution in [0.1, 0.15) is 24.0 Å². The van der Waals surface area contributed by atoms with Crippen LogP contribution in [-0.2, 0) is 17.8 Å². The van der Waals surface area contributed by atoms with Gasteiger partial charge in [0.1, 0.15) is 5.78 Å². The first-order valence-electron chi connectivity index (χ1n) is 5.27. The number of alkyl halides is 3. The predicted molar refractivity (Wildman–Crippen MR) is 58.3 cm³/mol. The summed E-state index contributed by atoms with van der Waals surface area (Å²) < 4.78 is 35.8. The fourth-order valence-electron chi connectivity index (χ4n) is 1.51. The molecule has 0 aliphatic carbocycles. The highest BCUT2D eigenvalue weighted by Gasteiger charge is 2.27. The van der Waals surface area contributed by atoms with E-state index in [1.54, 1.807) is 24.3 Å². The standard InChI is InChI=1S/C12H14F3NO/c13-12(14,15)6-5-11(17)7-9-3-1-2-4-10(9)8-16/h1-4H,5-8,16H2. The number of halogens is 3. The minimum Gasteiger partial charge on any atom is -0.326 e. The topological polar surface area (TPSA) is 43.1 Å². The molecule has 0 spiro atoms. The number of benzene rings is 1. The smallest absolute Gasteiger partial charge is 0.326 e. The number of Topliss-reactive ketones (excluding diaryl/α,β-unsaturated/α-hetero) is 1. The third kappa shape index (κ3) is 4.99. The number of rotatable bonds is 5. The van der Waals surface area contributed by atoms with Gasteiger partial charge in [-0.3, -0.25) is 4.79 Å². The van der Waals surface area contributed by atoms with E-state index in [-0.39, 0.29) is 13.0 Å². The highest BCUT2D eigenvalue weighted by atomic mass is 19.4. The summed E-state index contributed by atoms with van der Waals surface area (Å²) in [6.07, 6.45) is -5.79. The fourth-order valence-corrected chi connectivity index (χ4v) is 1.51. The van der Waals surface area contributed by atoms with Crippen molar-refractivity contribution in [3.05, 3.63) is 35.4 Å². The lowest BCUT2D eigenvalue weighted by Gasteiger charge is -2.08. The van der Waals surface area contributed by atoms with Gasteiger partial charge in [0.2, 0.25) is 0 Å². The maximum Gasteiger partial charge on any atom is 0.389 e. The Kier molecular flexibility index (Phi) is 4.69. The molecule has 0 saturated carbocycles. The molecular weight excluding hydrogens is 231 g/mol. The van der Waals surface area contributed by atoms with Crippen molar-refractivity contribution >= 4 is 5.78 Å². The van der Waals surface area contributed by atoms with Crippen LogP contribution in [0.4, 0.5) is 13.2 Å². The first-order chi connectivity index (χ1) is 7.92. The van der Waals surface area contributed by atoms with E-state index in [1.807, 2.05) is 0 Å². The zero-order chi connectivity index (χ0) is 12.9. The van der Waals surface area contributed by atoms with Gasteiger partial charge in [-0.2, -0.15) is 13.2 Å². The SMILES string of the molecule is NCc1ccccc1CC(=O)CCC(F)(F)F. The molecule has 0 bridgehead atoms. The Hall–Kier alpha value is -1.36. The Morgan fingerprint density at radius 1 is 1.18 bits per heavy atom. The molecule has 0 radical (unpaired) electrons. The average Bonchev–Trinajstić information content (AvgIpc) is 2.26. The van der Waals surface area contributed by atoms with Crippen LogP contribution in [0, 0.1) is 0 Å². The number of carbonyl (C=O) groups excluding carboxylic acids is 1. The Morgan fingerprint density at radius 2 is 1.76 bits per heavy atom. The summed E-state index contributed by atoms with van der Waals surface area (Å²) in [6.45, 7) is 0.280. The van der Waals surface area contributed by atoms with Gasteiger partial charge in [-0.1, -0.05) is 24.3 Å². The maximum atomic E-state index is 11.9. The monoisotopic (exact) mass is 245 g/mol. The molecule has 0 heterocycles. The number of hydrogen-bond donors (Lipinski definition) is 1. The van der Waals surface area contributed by atoms with Crippen molar-refractivity contribution in [3.8, 4) is 0 Å². The summed E-state index contributed by atoms with van der Waals surface area (Å²) >= 11 is 0. The number of hydrogen-bond acceptors (Lipinski definition) is 2. The molecule has 2 nitrogen and oxygen atoms in total. The van der Waals surface area contributed by atoms with Gasteiger partial charge >= 0.3 is 6.18 Å². The van der Waals surface area contributed by atoms with Crippen LogP contribution in [0.5, 0.6) is 0 Å². The molecule has 0 unspecified atom stereocenters. The minimum atomic E-state index is -4.27. The van der Waals surface area contributed by atoms with Gasteiger partial charge in [0.05, 0.1) is 6.42 Å². The van der Waals surface area contributed by atoms with Crippen LogP contribution >= 0.6 is 0 Å². The number of nitrogens with two attached hydrogens (primary N) is 1. The lowest BCUT2D eigenvalue weighted by molar-refractivity contribution is -0.143. The molecule has 1 aromatic rings. The van der Waals surface area contributed by atoms with Crippen molar-refractivity contribution < 1.29 is 18.0 Å². The van der Waals surface area contributed by atoms with Gasteiger partial charge in [0.25, 0.3) is 0 Å². The zero-order valence-electron chi connectivity index (χ0n) is 9.26. The van der Waals surface area contributed by atoms with Gasteiger partial charge in [-0.25, -0.2) is 0 Å². The molecule has 17 heavy (non-hydrogen) atoms. The van der Waals surface area contributed by atoms with E-state index in [0.717, 1.165) is 5.56 Å². The fraction of sp³-hybridized carbons (Fsp3) is 0.417. The van der Waals surface area contributed by atoms with E-state index in [9.17, 15) is 18.0 Å². The molecule has 0 aliphatic heterocycles. The Morgan fingerprint density at radius 3 is 2.29 bits per heavy atom. The van der Waals surface area contributed by atoms with Gasteiger partial charge in [-0.05, 0) is 11.1 Å². The van der Waals surface area contributed by atoms with E-state index in [1.165, 1.54) is 0 Å². The zero-order valence-corrected chi connectivity index (χ0v) is 9.26. The van der Waals surface area contributed by atoms with Gasteiger partial charge in [0.15, 0.2) is 0 Å². The van der Waals surface area contributed by atoms with Crippen molar-refractivity contribution in [1.82, 2.24) is 0 Å². The lowest BCUT2D eigenvalue weighted by Crippen LogP contribution is -2.13. The van der Waals surface area contributed by atoms with Crippen molar-refractivity contribution in [2.45, 2.75) is 32.0 Å². The third-order valence-electron chi connectivity index (χ3n) is 2.41. The molecule has 1 aromatic carbocycles. The Bertz CT molecular complexity index is 388. The molecular formula is C12H14F3NO. The van der Waals surface area contributed by atoms with E-state index < -0.39 is 24.8 Å².